The number of carbonyl (C=O) groups excluding carboxylic acids is 1. The van der Waals surface area contributed by atoms with Gasteiger partial charge in [0.2, 0.25) is 11.9 Å². The molecule has 3 heterocycles. The van der Waals surface area contributed by atoms with Gasteiger partial charge < -0.3 is 15.2 Å². The molecule has 0 bridgehead atoms. The van der Waals surface area contributed by atoms with E-state index in [-0.39, 0.29) is 11.5 Å². The van der Waals surface area contributed by atoms with Gasteiger partial charge in [-0.2, -0.15) is 4.98 Å². The van der Waals surface area contributed by atoms with Crippen molar-refractivity contribution in [2.24, 2.45) is 7.05 Å². The molecule has 0 radical (unpaired) electrons. The van der Waals surface area contributed by atoms with Crippen molar-refractivity contribution in [3.05, 3.63) is 52.6 Å². The van der Waals surface area contributed by atoms with E-state index in [9.17, 15) is 9.59 Å². The topological polar surface area (TPSA) is 105 Å². The van der Waals surface area contributed by atoms with Crippen molar-refractivity contribution in [1.82, 2.24) is 24.8 Å². The minimum atomic E-state index is -0.518. The van der Waals surface area contributed by atoms with Gasteiger partial charge in [-0.1, -0.05) is 30.3 Å². The van der Waals surface area contributed by atoms with Crippen molar-refractivity contribution in [3.8, 4) is 0 Å². The Bertz CT molecular complexity index is 993. The number of fused-ring (bicyclic) bond motifs is 1. The lowest BCUT2D eigenvalue weighted by molar-refractivity contribution is -0.119. The molecule has 8 nitrogen and oxygen atoms in total. The first-order valence-corrected chi connectivity index (χ1v) is 8.09. The van der Waals surface area contributed by atoms with Crippen LogP contribution in [0.25, 0.3) is 11.2 Å². The van der Waals surface area contributed by atoms with E-state index in [4.69, 9.17) is 0 Å². The molecule has 1 amide bonds. The molecule has 4 rings (SSSR count). The van der Waals surface area contributed by atoms with Gasteiger partial charge in [0.15, 0.2) is 11.2 Å². The maximum absolute atomic E-state index is 12.2. The highest BCUT2D eigenvalue weighted by Gasteiger charge is 2.39. The molecule has 2 aromatic heterocycles. The molecule has 1 aliphatic heterocycles. The molecule has 128 valence electrons. The number of carbonyl (C=O) groups is 1. The number of imidazole rings is 1. The van der Waals surface area contributed by atoms with E-state index in [1.54, 1.807) is 17.9 Å². The van der Waals surface area contributed by atoms with E-state index in [1.165, 1.54) is 0 Å². The Kier molecular flexibility index (Phi) is 3.52. The normalized spacial score (nSPS) is 20.0. The van der Waals surface area contributed by atoms with Crippen LogP contribution in [0, 0.1) is 0 Å². The summed E-state index contributed by atoms with van der Waals surface area (Å²) >= 11 is 0. The summed E-state index contributed by atoms with van der Waals surface area (Å²) in [7, 11) is 1.75. The Morgan fingerprint density at radius 3 is 2.80 bits per heavy atom. The van der Waals surface area contributed by atoms with E-state index in [0.717, 1.165) is 5.56 Å². The first-order chi connectivity index (χ1) is 12.1. The largest absolute Gasteiger partial charge is 0.353 e. The van der Waals surface area contributed by atoms with E-state index < -0.39 is 5.54 Å². The molecule has 25 heavy (non-hydrogen) atoms. The Balaban J connectivity index is 1.64. The summed E-state index contributed by atoms with van der Waals surface area (Å²) in [5.41, 5.74) is 1.07. The molecule has 1 saturated heterocycles. The van der Waals surface area contributed by atoms with Crippen LogP contribution in [0.5, 0.6) is 0 Å². The molecule has 0 saturated carbocycles. The number of aryl methyl sites for hydroxylation is 1. The quantitative estimate of drug-likeness (QED) is 0.655. The number of nitrogens with zero attached hydrogens (tertiary/aromatic N) is 3. The maximum Gasteiger partial charge on any atom is 0.278 e. The molecule has 1 unspecified atom stereocenters. The third kappa shape index (κ3) is 2.65. The first kappa shape index (κ1) is 15.4. The summed E-state index contributed by atoms with van der Waals surface area (Å²) in [6, 6.07) is 9.81. The van der Waals surface area contributed by atoms with Gasteiger partial charge in [0.05, 0.1) is 11.9 Å². The molecular formula is C17H18N6O2. The first-order valence-electron chi connectivity index (χ1n) is 8.09. The number of H-pyrrole nitrogens is 1. The second-order valence-corrected chi connectivity index (χ2v) is 6.29. The SMILES string of the molecule is Cn1cnc2nc(NCC3(c4ccccc4)CCC(=O)N3)[nH]c(=O)c21. The van der Waals surface area contributed by atoms with Gasteiger partial charge in [0.25, 0.3) is 5.56 Å². The molecule has 1 aliphatic rings. The highest BCUT2D eigenvalue weighted by Crippen LogP contribution is 2.31. The van der Waals surface area contributed by atoms with E-state index in [0.29, 0.717) is 36.5 Å². The van der Waals surface area contributed by atoms with E-state index >= 15 is 0 Å². The number of rotatable bonds is 4. The Labute approximate surface area is 143 Å². The summed E-state index contributed by atoms with van der Waals surface area (Å²) < 4.78 is 1.63. The third-order valence-corrected chi connectivity index (χ3v) is 4.62. The van der Waals surface area contributed by atoms with Crippen LogP contribution < -0.4 is 16.2 Å². The molecular weight excluding hydrogens is 320 g/mol. The highest BCUT2D eigenvalue weighted by atomic mass is 16.2. The monoisotopic (exact) mass is 338 g/mol. The fourth-order valence-corrected chi connectivity index (χ4v) is 3.31. The zero-order valence-electron chi connectivity index (χ0n) is 13.7. The van der Waals surface area contributed by atoms with Crippen molar-refractivity contribution in [3.63, 3.8) is 0 Å². The number of aromatic amines is 1. The number of hydrogen-bond acceptors (Lipinski definition) is 5. The average Bonchev–Trinajstić information content (AvgIpc) is 3.18. The second kappa shape index (κ2) is 5.73. The van der Waals surface area contributed by atoms with Gasteiger partial charge in [0, 0.05) is 20.0 Å². The Hall–Kier alpha value is -3.16. The van der Waals surface area contributed by atoms with Crippen molar-refractivity contribution < 1.29 is 4.79 Å². The Morgan fingerprint density at radius 1 is 1.28 bits per heavy atom. The lowest BCUT2D eigenvalue weighted by atomic mass is 9.88. The maximum atomic E-state index is 12.2. The lowest BCUT2D eigenvalue weighted by Gasteiger charge is -2.30. The van der Waals surface area contributed by atoms with Crippen molar-refractivity contribution in [2.45, 2.75) is 18.4 Å². The second-order valence-electron chi connectivity index (χ2n) is 6.29. The molecule has 0 aliphatic carbocycles. The Morgan fingerprint density at radius 2 is 2.08 bits per heavy atom. The molecule has 0 spiro atoms. The zero-order valence-corrected chi connectivity index (χ0v) is 13.7. The van der Waals surface area contributed by atoms with Crippen molar-refractivity contribution in [2.75, 3.05) is 11.9 Å². The molecule has 3 N–H and O–H groups in total. The molecule has 1 atom stereocenters. The number of anilines is 1. The zero-order chi connectivity index (χ0) is 17.4. The summed E-state index contributed by atoms with van der Waals surface area (Å²) in [5.74, 6) is 0.361. The predicted octanol–water partition coefficient (Wildman–Crippen LogP) is 0.874. The molecule has 1 aromatic carbocycles. The number of hydrogen-bond donors (Lipinski definition) is 3. The molecule has 3 aromatic rings. The van der Waals surface area contributed by atoms with Gasteiger partial charge >= 0.3 is 0 Å². The minimum Gasteiger partial charge on any atom is -0.353 e. The number of nitrogens with one attached hydrogen (secondary N) is 3. The smallest absolute Gasteiger partial charge is 0.278 e. The van der Waals surface area contributed by atoms with Crippen molar-refractivity contribution >= 4 is 23.0 Å². The van der Waals surface area contributed by atoms with Gasteiger partial charge in [0.1, 0.15) is 0 Å². The van der Waals surface area contributed by atoms with Crippen LogP contribution in [0.3, 0.4) is 0 Å². The molecule has 1 fully saturated rings. The van der Waals surface area contributed by atoms with Gasteiger partial charge in [-0.25, -0.2) is 4.98 Å². The summed E-state index contributed by atoms with van der Waals surface area (Å²) in [5, 5.41) is 6.23. The number of benzene rings is 1. The minimum absolute atomic E-state index is 0.0206. The van der Waals surface area contributed by atoms with Crippen molar-refractivity contribution in [1.29, 1.82) is 0 Å². The lowest BCUT2D eigenvalue weighted by Crippen LogP contribution is -2.44. The van der Waals surface area contributed by atoms with Crippen LogP contribution in [-0.4, -0.2) is 32.0 Å². The van der Waals surface area contributed by atoms with Crippen LogP contribution in [-0.2, 0) is 17.4 Å². The van der Waals surface area contributed by atoms with Crippen LogP contribution in [0.4, 0.5) is 5.95 Å². The van der Waals surface area contributed by atoms with Gasteiger partial charge in [-0.15, -0.1) is 0 Å². The fourth-order valence-electron chi connectivity index (χ4n) is 3.31. The average molecular weight is 338 g/mol. The molecule has 8 heteroatoms. The number of amides is 1. The summed E-state index contributed by atoms with van der Waals surface area (Å²) in [4.78, 5) is 35.3. The summed E-state index contributed by atoms with van der Waals surface area (Å²) in [6.07, 6.45) is 2.71. The fraction of sp³-hybridized carbons (Fsp3) is 0.294. The standard InChI is InChI=1S/C17H18N6O2/c1-23-10-19-14-13(23)15(25)21-16(20-14)18-9-17(8-7-12(24)22-17)11-5-3-2-4-6-11/h2-6,10H,7-9H2,1H3,(H,22,24)(H2,18,20,21,25). The van der Waals surface area contributed by atoms with Crippen LogP contribution in [0.15, 0.2) is 41.5 Å². The highest BCUT2D eigenvalue weighted by molar-refractivity contribution is 5.80. The number of aromatic nitrogens is 4. The van der Waals surface area contributed by atoms with Gasteiger partial charge in [-0.3, -0.25) is 14.6 Å². The predicted molar refractivity (Wildman–Crippen MR) is 93.1 cm³/mol. The van der Waals surface area contributed by atoms with Gasteiger partial charge in [-0.05, 0) is 12.0 Å². The van der Waals surface area contributed by atoms with E-state index in [2.05, 4.69) is 25.6 Å². The summed E-state index contributed by atoms with van der Waals surface area (Å²) in [6.45, 7) is 0.421. The van der Waals surface area contributed by atoms with Crippen LogP contribution in [0.2, 0.25) is 0 Å². The third-order valence-electron chi connectivity index (χ3n) is 4.62. The van der Waals surface area contributed by atoms with E-state index in [1.807, 2.05) is 30.3 Å². The van der Waals surface area contributed by atoms with Crippen LogP contribution >= 0.6 is 0 Å². The van der Waals surface area contributed by atoms with Crippen LogP contribution in [0.1, 0.15) is 18.4 Å².